The Morgan fingerprint density at radius 1 is 1.08 bits per heavy atom. The van der Waals surface area contributed by atoms with Crippen LogP contribution in [0.5, 0.6) is 5.75 Å². The maximum absolute atomic E-state index is 15.3. The number of pyridine rings is 1. The third-order valence-electron chi connectivity index (χ3n) is 9.71. The first-order valence-electron chi connectivity index (χ1n) is 17.1. The van der Waals surface area contributed by atoms with Crippen LogP contribution in [0.15, 0.2) is 48.0 Å². The van der Waals surface area contributed by atoms with Crippen LogP contribution in [0, 0.1) is 5.82 Å². The van der Waals surface area contributed by atoms with Crippen LogP contribution in [0.1, 0.15) is 78.0 Å². The number of halogens is 7. The van der Waals surface area contributed by atoms with Crippen molar-refractivity contribution < 1.29 is 55.0 Å². The zero-order valence-corrected chi connectivity index (χ0v) is 30.0. The Morgan fingerprint density at radius 2 is 1.81 bits per heavy atom. The van der Waals surface area contributed by atoms with Gasteiger partial charge in [0.1, 0.15) is 28.2 Å². The number of nitrogens with zero attached hydrogens (tertiary/aromatic N) is 4. The quantitative estimate of drug-likeness (QED) is 0.230. The highest BCUT2D eigenvalue weighted by atomic mass is 32.1. The van der Waals surface area contributed by atoms with Gasteiger partial charge in [0, 0.05) is 56.8 Å². The smallest absolute Gasteiger partial charge is 0.425 e. The summed E-state index contributed by atoms with van der Waals surface area (Å²) in [4.78, 5) is 48.5. The summed E-state index contributed by atoms with van der Waals surface area (Å²) in [6, 6.07) is 4.58. The molecule has 0 radical (unpaired) electrons. The highest BCUT2D eigenvalue weighted by molar-refractivity contribution is 7.10. The Hall–Kier alpha value is -4.25. The number of ether oxygens (including phenoxy) is 1. The number of aliphatic hydroxyl groups excluding tert-OH is 1. The molecule has 53 heavy (non-hydrogen) atoms. The lowest BCUT2D eigenvalue weighted by atomic mass is 9.78. The van der Waals surface area contributed by atoms with E-state index < -0.39 is 75.8 Å². The van der Waals surface area contributed by atoms with Crippen molar-refractivity contribution in [3.05, 3.63) is 81.1 Å². The number of aliphatic hydroxyl groups is 1. The van der Waals surface area contributed by atoms with E-state index >= 15 is 4.79 Å². The maximum Gasteiger partial charge on any atom is 0.425 e. The average Bonchev–Trinajstić information content (AvgIpc) is 3.58. The van der Waals surface area contributed by atoms with Crippen molar-refractivity contribution in [2.45, 2.75) is 95.1 Å². The van der Waals surface area contributed by atoms with Gasteiger partial charge in [-0.3, -0.25) is 19.4 Å². The summed E-state index contributed by atoms with van der Waals surface area (Å²) >= 11 is 0.339. The fourth-order valence-electron chi connectivity index (χ4n) is 7.20. The van der Waals surface area contributed by atoms with Crippen LogP contribution >= 0.6 is 11.3 Å². The Balaban J connectivity index is 1.63. The molecule has 17 heteroatoms. The highest BCUT2D eigenvalue weighted by Gasteiger charge is 2.57. The van der Waals surface area contributed by atoms with Crippen molar-refractivity contribution in [1.82, 2.24) is 19.7 Å². The molecule has 2 aliphatic heterocycles. The van der Waals surface area contributed by atoms with Crippen molar-refractivity contribution in [3.63, 3.8) is 0 Å². The maximum atomic E-state index is 15.3. The van der Waals surface area contributed by atoms with E-state index in [0.29, 0.717) is 28.9 Å². The number of amides is 3. The number of fused-ring (bicyclic) bond motifs is 1. The van der Waals surface area contributed by atoms with Gasteiger partial charge in [0.25, 0.3) is 17.7 Å². The summed E-state index contributed by atoms with van der Waals surface area (Å²) < 4.78 is 104. The molecule has 4 heterocycles. The monoisotopic (exact) mass is 772 g/mol. The predicted molar refractivity (Wildman–Crippen MR) is 179 cm³/mol. The molecule has 0 bridgehead atoms. The number of hydrogen-bond donors (Lipinski definition) is 1. The number of carbonyl (C=O) groups is 3. The second kappa shape index (κ2) is 15.6. The summed E-state index contributed by atoms with van der Waals surface area (Å²) in [7, 11) is 1.46. The molecule has 9 nitrogen and oxygen atoms in total. The molecular formula is C36H39F7N4O5S. The third-order valence-corrected chi connectivity index (χ3v) is 10.7. The standard InChI is InChI=1S/C36H39F7N4O5S/c1-4-7-28-34(52-26-18-29(53-20-26)36(41,42)43,12-6-14-46(28)32(50)30-27(35(38,39)40)8-5-13-44-30)33(51)47-19-22-9-10-24(37)16-23(22)17-25(47)11-15-45(3)31(49)21(2)48/h5,8-10,13,16,18,20-21,25,28,48H,4,6-7,11-12,14-15,17,19H2,1-3H3/t21-,25+,28-,34-/m1/s1. The van der Waals surface area contributed by atoms with Crippen molar-refractivity contribution in [3.8, 4) is 5.75 Å². The number of benzene rings is 1. The van der Waals surface area contributed by atoms with Gasteiger partial charge < -0.3 is 24.5 Å². The number of rotatable bonds is 10. The molecule has 0 unspecified atom stereocenters. The molecular weight excluding hydrogens is 733 g/mol. The van der Waals surface area contributed by atoms with Gasteiger partial charge in [0.15, 0.2) is 0 Å². The number of piperidine rings is 1. The fourth-order valence-corrected chi connectivity index (χ4v) is 7.88. The van der Waals surface area contributed by atoms with E-state index in [2.05, 4.69) is 4.98 Å². The predicted octanol–water partition coefficient (Wildman–Crippen LogP) is 6.73. The molecule has 288 valence electrons. The average molecular weight is 773 g/mol. The number of hydrogen-bond acceptors (Lipinski definition) is 7. The minimum atomic E-state index is -4.94. The van der Waals surface area contributed by atoms with Crippen LogP contribution in [-0.2, 0) is 34.9 Å². The Labute approximate surface area is 305 Å². The first-order valence-corrected chi connectivity index (χ1v) is 17.9. The second-order valence-corrected chi connectivity index (χ2v) is 14.3. The molecule has 1 N–H and O–H groups in total. The van der Waals surface area contributed by atoms with E-state index in [9.17, 15) is 45.4 Å². The van der Waals surface area contributed by atoms with Gasteiger partial charge in [-0.2, -0.15) is 26.3 Å². The zero-order chi connectivity index (χ0) is 38.9. The third kappa shape index (κ3) is 8.45. The van der Waals surface area contributed by atoms with Crippen LogP contribution in [-0.4, -0.2) is 86.4 Å². The number of thiophene rings is 1. The summed E-state index contributed by atoms with van der Waals surface area (Å²) in [6.45, 7) is 2.89. The number of carbonyl (C=O) groups excluding carboxylic acids is 3. The Morgan fingerprint density at radius 3 is 2.45 bits per heavy atom. The van der Waals surface area contributed by atoms with Gasteiger partial charge in [0.05, 0.1) is 11.6 Å². The molecule has 0 aliphatic carbocycles. The largest absolute Gasteiger partial charge is 0.474 e. The molecule has 0 spiro atoms. The molecule has 1 fully saturated rings. The molecule has 2 aliphatic rings. The topological polar surface area (TPSA) is 103 Å². The summed E-state index contributed by atoms with van der Waals surface area (Å²) in [5, 5.41) is 10.9. The van der Waals surface area contributed by atoms with E-state index in [1.165, 1.54) is 42.0 Å². The van der Waals surface area contributed by atoms with E-state index in [1.807, 2.05) is 0 Å². The lowest BCUT2D eigenvalue weighted by molar-refractivity contribution is -0.163. The van der Waals surface area contributed by atoms with Gasteiger partial charge in [0.2, 0.25) is 5.60 Å². The second-order valence-electron chi connectivity index (χ2n) is 13.4. The molecule has 5 rings (SSSR count). The van der Waals surface area contributed by atoms with E-state index in [0.717, 1.165) is 34.7 Å². The van der Waals surface area contributed by atoms with Gasteiger partial charge in [-0.15, -0.1) is 11.3 Å². The van der Waals surface area contributed by atoms with Crippen LogP contribution in [0.3, 0.4) is 0 Å². The molecule has 0 saturated carbocycles. The van der Waals surface area contributed by atoms with Crippen LogP contribution in [0.4, 0.5) is 30.7 Å². The lowest BCUT2D eigenvalue weighted by Crippen LogP contribution is -2.69. The minimum absolute atomic E-state index is 0.0217. The fraction of sp³-hybridized carbons (Fsp3) is 0.500. The first kappa shape index (κ1) is 39.9. The van der Waals surface area contributed by atoms with Gasteiger partial charge in [-0.1, -0.05) is 19.4 Å². The van der Waals surface area contributed by atoms with Gasteiger partial charge >= 0.3 is 12.4 Å². The van der Waals surface area contributed by atoms with Crippen LogP contribution in [0.2, 0.25) is 0 Å². The zero-order valence-electron chi connectivity index (χ0n) is 29.1. The number of alkyl halides is 6. The van der Waals surface area contributed by atoms with E-state index in [4.69, 9.17) is 4.74 Å². The summed E-state index contributed by atoms with van der Waals surface area (Å²) in [5.41, 5.74) is -3.10. The van der Waals surface area contributed by atoms with Gasteiger partial charge in [-0.25, -0.2) is 4.39 Å². The highest BCUT2D eigenvalue weighted by Crippen LogP contribution is 2.43. The van der Waals surface area contributed by atoms with Crippen molar-refractivity contribution in [1.29, 1.82) is 0 Å². The number of aromatic nitrogens is 1. The SMILES string of the molecule is CCC[C@H]1N(C(=O)c2ncccc2C(F)(F)F)CCC[C@]1(Oc1csc(C(F)(F)F)c1)C(=O)N1Cc2ccc(F)cc2C[C@@H]1CCN(C)C(=O)[C@@H](C)O. The van der Waals surface area contributed by atoms with E-state index in [1.54, 1.807) is 6.92 Å². The Bertz CT molecular complexity index is 1820. The summed E-state index contributed by atoms with van der Waals surface area (Å²) in [6.07, 6.45) is -9.44. The normalized spacial score (nSPS) is 21.2. The van der Waals surface area contributed by atoms with Crippen LogP contribution in [0.25, 0.3) is 0 Å². The van der Waals surface area contributed by atoms with Crippen molar-refractivity contribution in [2.24, 2.45) is 0 Å². The van der Waals surface area contributed by atoms with Crippen molar-refractivity contribution in [2.75, 3.05) is 20.1 Å². The first-order chi connectivity index (χ1) is 24.9. The molecule has 2 aromatic heterocycles. The van der Waals surface area contributed by atoms with Gasteiger partial charge in [-0.05, 0) is 68.0 Å². The van der Waals surface area contributed by atoms with E-state index in [-0.39, 0.29) is 57.5 Å². The molecule has 3 amide bonds. The lowest BCUT2D eigenvalue weighted by Gasteiger charge is -2.51. The molecule has 3 aromatic rings. The molecule has 1 aromatic carbocycles. The molecule has 1 saturated heterocycles. The minimum Gasteiger partial charge on any atom is -0.474 e. The number of likely N-dealkylation sites (tertiary alicyclic amines) is 1. The molecule has 4 atom stereocenters. The van der Waals surface area contributed by atoms with Crippen molar-refractivity contribution >= 4 is 29.1 Å². The summed E-state index contributed by atoms with van der Waals surface area (Å²) in [5.74, 6) is -3.25. The van der Waals surface area contributed by atoms with Crippen LogP contribution < -0.4 is 4.74 Å². The Kier molecular flexibility index (Phi) is 11.8. The number of likely N-dealkylation sites (N-methyl/N-ethyl adjacent to an activating group) is 1.